The molecule has 0 saturated carbocycles. The minimum absolute atomic E-state index is 0.0270. The highest BCUT2D eigenvalue weighted by Crippen LogP contribution is 2.25. The van der Waals surface area contributed by atoms with Gasteiger partial charge in [0.2, 0.25) is 0 Å². The van der Waals surface area contributed by atoms with Crippen LogP contribution in [0.15, 0.2) is 12.8 Å². The molecule has 0 fully saturated rings. The first kappa shape index (κ1) is 16.6. The molecular formula is C12H18N4O3. The molecule has 0 aliphatic rings. The van der Waals surface area contributed by atoms with E-state index in [0.29, 0.717) is 0 Å². The number of rotatable bonds is 3. The van der Waals surface area contributed by atoms with Crippen LogP contribution in [0.25, 0.3) is 6.08 Å². The summed E-state index contributed by atoms with van der Waals surface area (Å²) in [7, 11) is 1.37. The molecular weight excluding hydrogens is 248 g/mol. The molecule has 1 aromatic rings. The SMILES string of the molecule is C=Cc1c(N)ncc([N+](=O)[O-])c1C(=O)NC.CCC. The number of aromatic nitrogens is 1. The number of nitrogens with zero attached hydrogens (tertiary/aromatic N) is 2. The number of hydrogen-bond donors (Lipinski definition) is 2. The first-order chi connectivity index (χ1) is 8.94. The number of hydrogen-bond acceptors (Lipinski definition) is 5. The van der Waals surface area contributed by atoms with Crippen molar-refractivity contribution in [3.8, 4) is 0 Å². The van der Waals surface area contributed by atoms with E-state index in [-0.39, 0.29) is 16.9 Å². The van der Waals surface area contributed by atoms with E-state index in [1.165, 1.54) is 19.5 Å². The fraction of sp³-hybridized carbons (Fsp3) is 0.333. The van der Waals surface area contributed by atoms with Crippen LogP contribution in [-0.2, 0) is 0 Å². The highest BCUT2D eigenvalue weighted by atomic mass is 16.6. The molecule has 1 amide bonds. The summed E-state index contributed by atoms with van der Waals surface area (Å²) >= 11 is 0. The van der Waals surface area contributed by atoms with E-state index in [4.69, 9.17) is 5.73 Å². The Morgan fingerprint density at radius 3 is 2.53 bits per heavy atom. The van der Waals surface area contributed by atoms with Gasteiger partial charge in [0.15, 0.2) is 0 Å². The van der Waals surface area contributed by atoms with Crippen molar-refractivity contribution in [1.82, 2.24) is 10.3 Å². The van der Waals surface area contributed by atoms with Crippen molar-refractivity contribution in [3.05, 3.63) is 34.0 Å². The minimum atomic E-state index is -0.690. The van der Waals surface area contributed by atoms with Gasteiger partial charge in [-0.05, 0) is 0 Å². The lowest BCUT2D eigenvalue weighted by Crippen LogP contribution is -2.21. The predicted molar refractivity (Wildman–Crippen MR) is 74.8 cm³/mol. The average molecular weight is 266 g/mol. The summed E-state index contributed by atoms with van der Waals surface area (Å²) in [6.45, 7) is 7.70. The summed E-state index contributed by atoms with van der Waals surface area (Å²) in [5.74, 6) is -0.574. The van der Waals surface area contributed by atoms with Crippen molar-refractivity contribution in [2.75, 3.05) is 12.8 Å². The van der Waals surface area contributed by atoms with E-state index in [9.17, 15) is 14.9 Å². The lowest BCUT2D eigenvalue weighted by atomic mass is 10.1. The highest BCUT2D eigenvalue weighted by molar-refractivity contribution is 6.02. The van der Waals surface area contributed by atoms with Crippen molar-refractivity contribution in [1.29, 1.82) is 0 Å². The van der Waals surface area contributed by atoms with Crippen molar-refractivity contribution in [2.45, 2.75) is 20.3 Å². The molecule has 19 heavy (non-hydrogen) atoms. The fourth-order valence-corrected chi connectivity index (χ4v) is 1.24. The molecule has 7 nitrogen and oxygen atoms in total. The molecule has 0 radical (unpaired) electrons. The summed E-state index contributed by atoms with van der Waals surface area (Å²) in [5.41, 5.74) is 5.14. The first-order valence-corrected chi connectivity index (χ1v) is 5.71. The van der Waals surface area contributed by atoms with Crippen molar-refractivity contribution in [2.24, 2.45) is 0 Å². The van der Waals surface area contributed by atoms with E-state index >= 15 is 0 Å². The molecule has 104 valence electrons. The van der Waals surface area contributed by atoms with Crippen molar-refractivity contribution < 1.29 is 9.72 Å². The van der Waals surface area contributed by atoms with Gasteiger partial charge in [-0.15, -0.1) is 0 Å². The molecule has 1 aromatic heterocycles. The van der Waals surface area contributed by atoms with Crippen LogP contribution in [0.5, 0.6) is 0 Å². The molecule has 1 rings (SSSR count). The van der Waals surface area contributed by atoms with Crippen LogP contribution in [0.3, 0.4) is 0 Å². The standard InChI is InChI=1S/C9H10N4O3.C3H8/c1-3-5-7(9(14)11-2)6(13(15)16)4-12-8(5)10;1-3-2/h3-4H,1H2,2H3,(H2,10,12)(H,11,14);3H2,1-2H3. The lowest BCUT2D eigenvalue weighted by molar-refractivity contribution is -0.385. The third-order valence-corrected chi connectivity index (χ3v) is 1.98. The second-order valence-electron chi connectivity index (χ2n) is 3.56. The average Bonchev–Trinajstić information content (AvgIpc) is 2.37. The zero-order valence-corrected chi connectivity index (χ0v) is 11.3. The maximum Gasteiger partial charge on any atom is 0.301 e. The van der Waals surface area contributed by atoms with Crippen LogP contribution in [0.1, 0.15) is 36.2 Å². The zero-order chi connectivity index (χ0) is 15.0. The third-order valence-electron chi connectivity index (χ3n) is 1.98. The second kappa shape index (κ2) is 7.80. The van der Waals surface area contributed by atoms with E-state index in [2.05, 4.69) is 30.7 Å². The van der Waals surface area contributed by atoms with Gasteiger partial charge in [0, 0.05) is 12.6 Å². The molecule has 0 aromatic carbocycles. The molecule has 7 heteroatoms. The maximum atomic E-state index is 11.5. The van der Waals surface area contributed by atoms with Crippen molar-refractivity contribution >= 4 is 23.5 Å². The monoisotopic (exact) mass is 266 g/mol. The highest BCUT2D eigenvalue weighted by Gasteiger charge is 2.24. The van der Waals surface area contributed by atoms with Gasteiger partial charge >= 0.3 is 5.69 Å². The van der Waals surface area contributed by atoms with Gasteiger partial charge in [0.1, 0.15) is 17.6 Å². The van der Waals surface area contributed by atoms with E-state index < -0.39 is 16.5 Å². The normalized spacial score (nSPS) is 9.00. The Balaban J connectivity index is 0.000000982. The van der Waals surface area contributed by atoms with E-state index in [1.807, 2.05) is 0 Å². The van der Waals surface area contributed by atoms with Crippen LogP contribution in [0.4, 0.5) is 11.5 Å². The predicted octanol–water partition coefficient (Wildman–Crippen LogP) is 1.99. The van der Waals surface area contributed by atoms with Gasteiger partial charge in [0.05, 0.1) is 4.92 Å². The lowest BCUT2D eigenvalue weighted by Gasteiger charge is -2.07. The number of pyridine rings is 1. The van der Waals surface area contributed by atoms with Crippen molar-refractivity contribution in [3.63, 3.8) is 0 Å². The fourth-order valence-electron chi connectivity index (χ4n) is 1.24. The molecule has 0 spiro atoms. The molecule has 0 bridgehead atoms. The number of nitrogens with two attached hydrogens (primary N) is 1. The van der Waals surface area contributed by atoms with E-state index in [1.54, 1.807) is 0 Å². The summed E-state index contributed by atoms with van der Waals surface area (Å²) in [6.07, 6.45) is 3.47. The van der Waals surface area contributed by atoms with Gasteiger partial charge in [-0.2, -0.15) is 0 Å². The van der Waals surface area contributed by atoms with Gasteiger partial charge in [-0.3, -0.25) is 14.9 Å². The largest absolute Gasteiger partial charge is 0.383 e. The molecule has 0 saturated heterocycles. The smallest absolute Gasteiger partial charge is 0.301 e. The Morgan fingerprint density at radius 2 is 2.16 bits per heavy atom. The number of nitrogen functional groups attached to an aromatic ring is 1. The topological polar surface area (TPSA) is 111 Å². The summed E-state index contributed by atoms with van der Waals surface area (Å²) in [4.78, 5) is 25.2. The Bertz CT molecular complexity index is 486. The zero-order valence-electron chi connectivity index (χ0n) is 11.3. The van der Waals surface area contributed by atoms with Crippen LogP contribution >= 0.6 is 0 Å². The summed E-state index contributed by atoms with van der Waals surface area (Å²) in [6, 6.07) is 0. The molecule has 0 atom stereocenters. The van der Waals surface area contributed by atoms with E-state index in [0.717, 1.165) is 6.20 Å². The molecule has 3 N–H and O–H groups in total. The van der Waals surface area contributed by atoms with Crippen LogP contribution < -0.4 is 11.1 Å². The summed E-state index contributed by atoms with van der Waals surface area (Å²) < 4.78 is 0. The Kier molecular flexibility index (Phi) is 6.80. The van der Waals surface area contributed by atoms with Gasteiger partial charge < -0.3 is 11.1 Å². The van der Waals surface area contributed by atoms with Crippen LogP contribution in [-0.4, -0.2) is 22.9 Å². The minimum Gasteiger partial charge on any atom is -0.383 e. The second-order valence-corrected chi connectivity index (χ2v) is 3.56. The molecule has 0 aliphatic heterocycles. The summed E-state index contributed by atoms with van der Waals surface area (Å²) in [5, 5.41) is 13.0. The quantitative estimate of drug-likeness (QED) is 0.642. The number of anilines is 1. The molecule has 0 unspecified atom stereocenters. The first-order valence-electron chi connectivity index (χ1n) is 5.71. The molecule has 1 heterocycles. The maximum absolute atomic E-state index is 11.5. The number of carbonyl (C=O) groups excluding carboxylic acids is 1. The number of nitrogens with one attached hydrogen (secondary N) is 1. The third kappa shape index (κ3) is 4.06. The Labute approximate surface area is 111 Å². The van der Waals surface area contributed by atoms with Gasteiger partial charge in [-0.1, -0.05) is 32.9 Å². The number of carbonyl (C=O) groups is 1. The molecule has 0 aliphatic carbocycles. The Morgan fingerprint density at radius 1 is 1.63 bits per heavy atom. The Hall–Kier alpha value is -2.44. The number of amides is 1. The van der Waals surface area contributed by atoms with Crippen LogP contribution in [0, 0.1) is 10.1 Å². The van der Waals surface area contributed by atoms with Crippen LogP contribution in [0.2, 0.25) is 0 Å². The van der Waals surface area contributed by atoms with Gasteiger partial charge in [0.25, 0.3) is 5.91 Å². The van der Waals surface area contributed by atoms with Gasteiger partial charge in [-0.25, -0.2) is 4.98 Å². The number of nitro groups is 1.